The number of hydrogen-bond donors (Lipinski definition) is 0. The van der Waals surface area contributed by atoms with Gasteiger partial charge in [0.1, 0.15) is 11.9 Å². The van der Waals surface area contributed by atoms with Gasteiger partial charge in [0.2, 0.25) is 0 Å². The molecule has 0 N–H and O–H groups in total. The van der Waals surface area contributed by atoms with Crippen molar-refractivity contribution < 1.29 is 4.74 Å². The van der Waals surface area contributed by atoms with E-state index in [0.717, 1.165) is 68.9 Å². The van der Waals surface area contributed by atoms with Gasteiger partial charge in [-0.25, -0.2) is 0 Å². The van der Waals surface area contributed by atoms with Crippen LogP contribution in [-0.4, -0.2) is 23.3 Å². The van der Waals surface area contributed by atoms with Crippen LogP contribution >= 0.6 is 11.8 Å². The minimum Gasteiger partial charge on any atom is -0.486 e. The summed E-state index contributed by atoms with van der Waals surface area (Å²) < 4.78 is 7.53. The van der Waals surface area contributed by atoms with Crippen LogP contribution in [0, 0.1) is 17.8 Å². The third-order valence-electron chi connectivity index (χ3n) is 23.2. The van der Waals surface area contributed by atoms with Gasteiger partial charge in [-0.05, 0) is 186 Å². The molecule has 0 radical (unpaired) electrons. The maximum atomic E-state index is 7.53. The molecule has 0 spiro atoms. The van der Waals surface area contributed by atoms with Crippen molar-refractivity contribution in [3.8, 4) is 55.6 Å². The van der Waals surface area contributed by atoms with Gasteiger partial charge in [0.05, 0.1) is 11.4 Å². The zero-order valence-corrected chi connectivity index (χ0v) is 61.5. The largest absolute Gasteiger partial charge is 0.486 e. The number of rotatable bonds is 13. The standard InChI is InChI=1S/C101H79BN4OS/c1-101(2,3)76-53-47-73(48-54-76)84-41-19-22-44-89(84)106-91-66-96-86(98-85-42-20-24-46-94(85)107-95-63-83(64-97(108-96)99(95)98)104(79-57-51-72(52-58-79)68-29-11-5-12-30-68)81-40-26-36-75(60-81)70-33-15-7-16-34-70)65-88(91)102-87-43-21-23-45-90(87)105(77-37-17-8-18-38-77)92-61-82(62-93(106)100(92)102)103(78-55-49-71(50-56-78)67-27-9-4-10-28-67)80-39-25-35-74(59-80)69-31-13-6-14-32-69/h4-63,65-66,85-86,94,96-98H,64H2,1-3H3. The van der Waals surface area contributed by atoms with E-state index in [2.05, 4.69) is 428 Å². The maximum Gasteiger partial charge on any atom is 0.251 e. The normalized spacial score (nSPS) is 19.1. The molecule has 5 nitrogen and oxygen atoms in total. The van der Waals surface area contributed by atoms with Crippen molar-refractivity contribution in [2.24, 2.45) is 17.8 Å². The van der Waals surface area contributed by atoms with Crippen LogP contribution in [0.5, 0.6) is 0 Å². The summed E-state index contributed by atoms with van der Waals surface area (Å²) in [6, 6.07) is 124. The lowest BCUT2D eigenvalue weighted by Crippen LogP contribution is -2.58. The Morgan fingerprint density at radius 3 is 1.52 bits per heavy atom. The van der Waals surface area contributed by atoms with Gasteiger partial charge in [-0.1, -0.05) is 294 Å². The fourth-order valence-electron chi connectivity index (χ4n) is 18.2. The van der Waals surface area contributed by atoms with Crippen molar-refractivity contribution in [3.05, 3.63) is 410 Å². The number of ether oxygens (including phenoxy) is 1. The van der Waals surface area contributed by atoms with Crippen LogP contribution in [-0.2, 0) is 10.2 Å². The molecule has 13 aromatic carbocycles. The smallest absolute Gasteiger partial charge is 0.251 e. The predicted molar refractivity (Wildman–Crippen MR) is 455 cm³/mol. The Kier molecular flexibility index (Phi) is 16.3. The third-order valence-corrected chi connectivity index (χ3v) is 24.7. The molecule has 3 aliphatic carbocycles. The average Bonchev–Trinajstić information content (AvgIpc) is 0.687. The first-order chi connectivity index (χ1) is 53.2. The van der Waals surface area contributed by atoms with Crippen LogP contribution < -0.4 is 30.5 Å². The molecule has 13 aromatic rings. The molecule has 108 heavy (non-hydrogen) atoms. The van der Waals surface area contributed by atoms with Crippen molar-refractivity contribution in [3.63, 3.8) is 0 Å². The minimum atomic E-state index is -0.145. The Hall–Kier alpha value is -12.3. The summed E-state index contributed by atoms with van der Waals surface area (Å²) in [4.78, 5) is 10.3. The first-order valence-electron chi connectivity index (χ1n) is 38.1. The molecule has 6 atom stereocenters. The second-order valence-corrected chi connectivity index (χ2v) is 31.9. The maximum absolute atomic E-state index is 7.53. The zero-order valence-electron chi connectivity index (χ0n) is 60.6. The number of anilines is 10. The Morgan fingerprint density at radius 1 is 0.407 bits per heavy atom. The fourth-order valence-corrected chi connectivity index (χ4v) is 19.9. The van der Waals surface area contributed by atoms with E-state index in [1.807, 2.05) is 0 Å². The molecule has 4 aliphatic heterocycles. The topological polar surface area (TPSA) is 22.2 Å². The molecular formula is C101H79BN4OS. The number of thioether (sulfide) groups is 1. The number of nitrogens with zero attached hydrogens (tertiary/aromatic N) is 4. The summed E-state index contributed by atoms with van der Waals surface area (Å²) in [7, 11) is 0. The van der Waals surface area contributed by atoms with Gasteiger partial charge in [-0.3, -0.25) is 0 Å². The second-order valence-electron chi connectivity index (χ2n) is 30.5. The van der Waals surface area contributed by atoms with Crippen LogP contribution in [0.3, 0.4) is 0 Å². The molecule has 20 rings (SSSR count). The average molecular weight is 1410 g/mol. The molecule has 7 aliphatic rings. The Labute approximate surface area is 638 Å². The van der Waals surface area contributed by atoms with E-state index in [1.54, 1.807) is 0 Å². The van der Waals surface area contributed by atoms with Gasteiger partial charge in [-0.15, -0.1) is 11.8 Å². The highest BCUT2D eigenvalue weighted by atomic mass is 32.2. The molecule has 7 heteroatoms. The first kappa shape index (κ1) is 65.2. The Balaban J connectivity index is 0.816. The summed E-state index contributed by atoms with van der Waals surface area (Å²) in [5.41, 5.74) is 32.0. The number of para-hydroxylation sites is 3. The molecule has 1 fully saturated rings. The van der Waals surface area contributed by atoms with Crippen LogP contribution in [0.4, 0.5) is 56.9 Å². The molecule has 1 saturated heterocycles. The lowest BCUT2D eigenvalue weighted by Gasteiger charge is -2.54. The molecular weight excluding hydrogens is 1330 g/mol. The summed E-state index contributed by atoms with van der Waals surface area (Å²) in [6.07, 6.45) is 17.9. The fraction of sp³-hybridized carbons (Fsp3) is 0.109. The van der Waals surface area contributed by atoms with Crippen molar-refractivity contribution in [1.29, 1.82) is 0 Å². The van der Waals surface area contributed by atoms with E-state index in [1.165, 1.54) is 94.7 Å². The predicted octanol–water partition coefficient (Wildman–Crippen LogP) is 24.9. The van der Waals surface area contributed by atoms with Crippen molar-refractivity contribution in [1.82, 2.24) is 0 Å². The number of fused-ring (bicyclic) bond motifs is 8. The van der Waals surface area contributed by atoms with Crippen molar-refractivity contribution in [2.75, 3.05) is 19.6 Å². The van der Waals surface area contributed by atoms with Gasteiger partial charge in [-0.2, -0.15) is 0 Å². The highest BCUT2D eigenvalue weighted by Gasteiger charge is 2.55. The van der Waals surface area contributed by atoms with Crippen molar-refractivity contribution in [2.45, 2.75) is 49.2 Å². The molecule has 0 aromatic heterocycles. The van der Waals surface area contributed by atoms with Crippen LogP contribution in [0.15, 0.2) is 404 Å². The van der Waals surface area contributed by atoms with E-state index in [4.69, 9.17) is 4.74 Å². The molecule has 6 unspecified atom stereocenters. The van der Waals surface area contributed by atoms with Gasteiger partial charge in [0.25, 0.3) is 6.71 Å². The quantitative estimate of drug-likeness (QED) is 0.107. The van der Waals surface area contributed by atoms with E-state index in [0.29, 0.717) is 0 Å². The van der Waals surface area contributed by atoms with Crippen molar-refractivity contribution >= 4 is 86.3 Å². The first-order valence-corrected chi connectivity index (χ1v) is 39.0. The zero-order chi connectivity index (χ0) is 72.0. The minimum absolute atomic E-state index is 0.0196. The number of benzene rings is 13. The van der Waals surface area contributed by atoms with Gasteiger partial charge < -0.3 is 24.3 Å². The van der Waals surface area contributed by atoms with Gasteiger partial charge >= 0.3 is 0 Å². The molecule has 4 heterocycles. The van der Waals surface area contributed by atoms with E-state index in [-0.39, 0.29) is 46.5 Å². The summed E-state index contributed by atoms with van der Waals surface area (Å²) >= 11 is 2.14. The highest BCUT2D eigenvalue weighted by molar-refractivity contribution is 8.01. The number of hydrogen-bond acceptors (Lipinski definition) is 6. The monoisotopic (exact) mass is 1410 g/mol. The lowest BCUT2D eigenvalue weighted by molar-refractivity contribution is 0.0634. The summed E-state index contributed by atoms with van der Waals surface area (Å²) in [5.74, 6) is 1.41. The van der Waals surface area contributed by atoms with Crippen LogP contribution in [0.1, 0.15) is 32.8 Å². The molecule has 0 amide bonds. The highest BCUT2D eigenvalue weighted by Crippen LogP contribution is 2.61. The Bertz CT molecular complexity index is 5810. The van der Waals surface area contributed by atoms with Gasteiger partial charge in [0.15, 0.2) is 0 Å². The summed E-state index contributed by atoms with van der Waals surface area (Å²) in [5, 5.41) is 0.173. The van der Waals surface area contributed by atoms with Crippen LogP contribution in [0.25, 0.3) is 55.6 Å². The van der Waals surface area contributed by atoms with E-state index in [9.17, 15) is 0 Å². The SMILES string of the molecule is CC(C)(C)c1ccc(-c2ccccc2N2C3=CC4SC5CC(N(c6ccc(-c7ccccc7)cc6)c6cccc(-c7ccccc7)c6)=CC6=C5C(C5C=CC=CC5O6)C4C=C3B3c4ccccc4N(c4ccccc4)c4cc(N(c5ccc(-c6ccccc6)cc5)c5cccc(-c6ccccc6)c5)cc2c43)cc1. The van der Waals surface area contributed by atoms with Crippen LogP contribution in [0.2, 0.25) is 0 Å². The molecule has 518 valence electrons. The molecule has 0 bridgehead atoms. The third kappa shape index (κ3) is 11.5. The van der Waals surface area contributed by atoms with E-state index >= 15 is 0 Å². The molecule has 0 saturated carbocycles. The second kappa shape index (κ2) is 26.9. The lowest BCUT2D eigenvalue weighted by atomic mass is 9.31. The Morgan fingerprint density at radius 2 is 0.907 bits per heavy atom. The summed E-state index contributed by atoms with van der Waals surface area (Å²) in [6.45, 7) is 6.79. The van der Waals surface area contributed by atoms with E-state index < -0.39 is 0 Å². The number of allylic oxidation sites excluding steroid dienone is 6. The van der Waals surface area contributed by atoms with Gasteiger partial charge in [0, 0.05) is 97.3 Å².